The van der Waals surface area contributed by atoms with Crippen LogP contribution in [0.25, 0.3) is 22.2 Å². The molecule has 0 saturated heterocycles. The number of fused-ring (bicyclic) bond motifs is 1. The van der Waals surface area contributed by atoms with Crippen LogP contribution in [0.2, 0.25) is 0 Å². The quantitative estimate of drug-likeness (QED) is 0.770. The van der Waals surface area contributed by atoms with Gasteiger partial charge in [0, 0.05) is 32.2 Å². The van der Waals surface area contributed by atoms with Crippen molar-refractivity contribution in [3.63, 3.8) is 0 Å². The number of nitrogens with one attached hydrogen (secondary N) is 2. The second-order valence-electron chi connectivity index (χ2n) is 5.42. The van der Waals surface area contributed by atoms with Gasteiger partial charge in [0.2, 0.25) is 0 Å². The van der Waals surface area contributed by atoms with Crippen LogP contribution in [0.1, 0.15) is 26.1 Å². The lowest BCUT2D eigenvalue weighted by Gasteiger charge is -2.06. The molecule has 1 aliphatic carbocycles. The van der Waals surface area contributed by atoms with Crippen LogP contribution in [-0.2, 0) is 0 Å². The number of hydrogen-bond donors (Lipinski definition) is 2. The molecule has 4 heteroatoms. The molecule has 4 rings (SSSR count). The molecule has 21 heavy (non-hydrogen) atoms. The standard InChI is InChI=1S/C17H15N3O.2H2/c21-17(20-13-5-6-13)12-3-1-11(2-4-12)14-7-9-18-16-15(14)8-10-19-16;;/h1-4,7-10,13H,5-6H2,(H,18,19)(H,20,21);2*1H. The minimum atomic E-state index is 0. The van der Waals surface area contributed by atoms with Crippen LogP contribution >= 0.6 is 0 Å². The van der Waals surface area contributed by atoms with Crippen molar-refractivity contribution in [2.45, 2.75) is 18.9 Å². The third-order valence-electron chi connectivity index (χ3n) is 3.83. The van der Waals surface area contributed by atoms with Crippen molar-refractivity contribution in [3.8, 4) is 11.1 Å². The fourth-order valence-corrected chi connectivity index (χ4v) is 2.51. The first-order chi connectivity index (χ1) is 10.3. The highest BCUT2D eigenvalue weighted by Crippen LogP contribution is 2.27. The van der Waals surface area contributed by atoms with Crippen LogP contribution in [0, 0.1) is 0 Å². The van der Waals surface area contributed by atoms with E-state index < -0.39 is 0 Å². The van der Waals surface area contributed by atoms with Crippen molar-refractivity contribution in [2.24, 2.45) is 0 Å². The number of H-pyrrole nitrogens is 1. The van der Waals surface area contributed by atoms with E-state index in [1.165, 1.54) is 0 Å². The van der Waals surface area contributed by atoms with Crippen LogP contribution in [0.3, 0.4) is 0 Å². The van der Waals surface area contributed by atoms with Gasteiger partial charge in [-0.15, -0.1) is 0 Å². The summed E-state index contributed by atoms with van der Waals surface area (Å²) in [5.41, 5.74) is 3.80. The maximum atomic E-state index is 12.0. The smallest absolute Gasteiger partial charge is 0.251 e. The van der Waals surface area contributed by atoms with Gasteiger partial charge in [-0.1, -0.05) is 12.1 Å². The molecule has 2 aromatic heterocycles. The topological polar surface area (TPSA) is 57.8 Å². The Hall–Kier alpha value is -2.62. The van der Waals surface area contributed by atoms with Gasteiger partial charge in [0.05, 0.1) is 0 Å². The number of pyridine rings is 1. The summed E-state index contributed by atoms with van der Waals surface area (Å²) in [5, 5.41) is 4.09. The van der Waals surface area contributed by atoms with E-state index in [0.717, 1.165) is 35.0 Å². The highest BCUT2D eigenvalue weighted by molar-refractivity contribution is 5.96. The molecule has 0 unspecified atom stereocenters. The van der Waals surface area contributed by atoms with Gasteiger partial charge in [-0.2, -0.15) is 0 Å². The second kappa shape index (κ2) is 4.74. The number of nitrogens with zero attached hydrogens (tertiary/aromatic N) is 1. The summed E-state index contributed by atoms with van der Waals surface area (Å²) in [7, 11) is 0. The van der Waals surface area contributed by atoms with Gasteiger partial charge in [-0.05, 0) is 48.2 Å². The second-order valence-corrected chi connectivity index (χ2v) is 5.42. The summed E-state index contributed by atoms with van der Waals surface area (Å²) >= 11 is 0. The minimum Gasteiger partial charge on any atom is -0.349 e. The largest absolute Gasteiger partial charge is 0.349 e. The minimum absolute atomic E-state index is 0. The summed E-state index contributed by atoms with van der Waals surface area (Å²) in [5.74, 6) is 0.0190. The number of rotatable bonds is 3. The first-order valence-corrected chi connectivity index (χ1v) is 7.15. The number of aromatic nitrogens is 2. The molecular formula is C17H19N3O. The molecule has 1 aliphatic rings. The van der Waals surface area contributed by atoms with Crippen LogP contribution in [-0.4, -0.2) is 21.9 Å². The predicted molar refractivity (Wildman–Crippen MR) is 86.2 cm³/mol. The zero-order valence-corrected chi connectivity index (χ0v) is 11.5. The lowest BCUT2D eigenvalue weighted by molar-refractivity contribution is 0.0951. The molecule has 0 spiro atoms. The number of amides is 1. The first kappa shape index (κ1) is 12.1. The number of aromatic amines is 1. The summed E-state index contributed by atoms with van der Waals surface area (Å²) in [6, 6.07) is 12.1. The third-order valence-corrected chi connectivity index (χ3v) is 3.83. The highest BCUT2D eigenvalue weighted by atomic mass is 16.1. The molecule has 3 aromatic rings. The van der Waals surface area contributed by atoms with Crippen LogP contribution in [0.15, 0.2) is 48.8 Å². The maximum absolute atomic E-state index is 12.0. The lowest BCUT2D eigenvalue weighted by atomic mass is 10.0. The normalized spacial score (nSPS) is 14.3. The Morgan fingerprint density at radius 1 is 1.19 bits per heavy atom. The third kappa shape index (κ3) is 2.29. The van der Waals surface area contributed by atoms with Crippen molar-refractivity contribution in [2.75, 3.05) is 0 Å². The van der Waals surface area contributed by atoms with Crippen molar-refractivity contribution in [1.82, 2.24) is 15.3 Å². The first-order valence-electron chi connectivity index (χ1n) is 7.15. The Balaban J connectivity index is 0.000000960. The maximum Gasteiger partial charge on any atom is 0.251 e. The molecule has 0 aliphatic heterocycles. The van der Waals surface area contributed by atoms with E-state index in [1.807, 2.05) is 42.6 Å². The van der Waals surface area contributed by atoms with Gasteiger partial charge in [0.15, 0.2) is 0 Å². The Morgan fingerprint density at radius 2 is 2.00 bits per heavy atom. The summed E-state index contributed by atoms with van der Waals surface area (Å²) < 4.78 is 0. The average molecular weight is 281 g/mol. The van der Waals surface area contributed by atoms with E-state index in [-0.39, 0.29) is 8.76 Å². The Bertz CT molecular complexity index is 810. The molecule has 1 aromatic carbocycles. The molecule has 1 fully saturated rings. The summed E-state index contributed by atoms with van der Waals surface area (Å²) in [6.07, 6.45) is 5.89. The van der Waals surface area contributed by atoms with Crippen LogP contribution < -0.4 is 5.32 Å². The van der Waals surface area contributed by atoms with E-state index in [0.29, 0.717) is 11.6 Å². The number of hydrogen-bond acceptors (Lipinski definition) is 2. The Kier molecular flexibility index (Phi) is 2.74. The molecule has 1 amide bonds. The zero-order valence-electron chi connectivity index (χ0n) is 11.5. The van der Waals surface area contributed by atoms with Gasteiger partial charge >= 0.3 is 0 Å². The predicted octanol–water partition coefficient (Wildman–Crippen LogP) is 3.61. The molecular weight excluding hydrogens is 262 g/mol. The van der Waals surface area contributed by atoms with Gasteiger partial charge in [0.25, 0.3) is 5.91 Å². The molecule has 0 radical (unpaired) electrons. The van der Waals surface area contributed by atoms with Gasteiger partial charge in [-0.3, -0.25) is 4.79 Å². The van der Waals surface area contributed by atoms with Crippen molar-refractivity contribution >= 4 is 16.9 Å². The van der Waals surface area contributed by atoms with E-state index in [9.17, 15) is 4.79 Å². The fraction of sp³-hybridized carbons (Fsp3) is 0.176. The summed E-state index contributed by atoms with van der Waals surface area (Å²) in [6.45, 7) is 0. The van der Waals surface area contributed by atoms with Crippen LogP contribution in [0.4, 0.5) is 0 Å². The van der Waals surface area contributed by atoms with Crippen molar-refractivity contribution < 1.29 is 7.65 Å². The molecule has 2 heterocycles. The van der Waals surface area contributed by atoms with E-state index in [1.54, 1.807) is 6.20 Å². The molecule has 4 nitrogen and oxygen atoms in total. The highest BCUT2D eigenvalue weighted by Gasteiger charge is 2.23. The van der Waals surface area contributed by atoms with Gasteiger partial charge < -0.3 is 10.3 Å². The molecule has 2 N–H and O–H groups in total. The van der Waals surface area contributed by atoms with E-state index in [4.69, 9.17) is 0 Å². The lowest BCUT2D eigenvalue weighted by Crippen LogP contribution is -2.25. The Labute approximate surface area is 125 Å². The van der Waals surface area contributed by atoms with E-state index >= 15 is 0 Å². The SMILES string of the molecule is O=C(NC1CC1)c1ccc(-c2ccnc3[nH]ccc23)cc1.[HH].[HH]. The molecule has 108 valence electrons. The molecule has 1 saturated carbocycles. The average Bonchev–Trinajstić information content (AvgIpc) is 3.20. The number of carbonyl (C=O) groups excluding carboxylic acids is 1. The van der Waals surface area contributed by atoms with Gasteiger partial charge in [0.1, 0.15) is 5.65 Å². The van der Waals surface area contributed by atoms with Crippen LogP contribution in [0.5, 0.6) is 0 Å². The fourth-order valence-electron chi connectivity index (χ4n) is 2.51. The van der Waals surface area contributed by atoms with Crippen molar-refractivity contribution in [1.29, 1.82) is 0 Å². The van der Waals surface area contributed by atoms with Crippen molar-refractivity contribution in [3.05, 3.63) is 54.4 Å². The zero-order chi connectivity index (χ0) is 14.2. The molecule has 0 atom stereocenters. The monoisotopic (exact) mass is 281 g/mol. The van der Waals surface area contributed by atoms with Gasteiger partial charge in [-0.25, -0.2) is 4.98 Å². The number of carbonyl (C=O) groups is 1. The summed E-state index contributed by atoms with van der Waals surface area (Å²) in [4.78, 5) is 19.4. The molecule has 0 bridgehead atoms. The Morgan fingerprint density at radius 3 is 2.76 bits per heavy atom. The number of benzene rings is 1. The van der Waals surface area contributed by atoms with E-state index in [2.05, 4.69) is 15.3 Å².